The van der Waals surface area contributed by atoms with E-state index in [0.29, 0.717) is 23.2 Å². The average Bonchev–Trinajstić information content (AvgIpc) is 3.30. The summed E-state index contributed by atoms with van der Waals surface area (Å²) in [4.78, 5) is 16.7. The number of benzene rings is 2. The SMILES string of the molecule is Cc1ccc(-c2nc(CSCC(=O)NC3CCc4ccccc43)no2)cc1. The lowest BCUT2D eigenvalue weighted by Crippen LogP contribution is -2.28. The third-order valence-corrected chi connectivity index (χ3v) is 5.63. The molecule has 0 saturated heterocycles. The molecule has 0 bridgehead atoms. The highest BCUT2D eigenvalue weighted by atomic mass is 32.2. The van der Waals surface area contributed by atoms with Gasteiger partial charge in [-0.1, -0.05) is 47.1 Å². The summed E-state index contributed by atoms with van der Waals surface area (Å²) in [5.41, 5.74) is 4.68. The van der Waals surface area contributed by atoms with E-state index in [9.17, 15) is 4.79 Å². The largest absolute Gasteiger partial charge is 0.349 e. The van der Waals surface area contributed by atoms with Crippen LogP contribution >= 0.6 is 11.8 Å². The number of aromatic nitrogens is 2. The average molecular weight is 379 g/mol. The first-order chi connectivity index (χ1) is 13.2. The molecule has 2 aromatic carbocycles. The van der Waals surface area contributed by atoms with E-state index in [4.69, 9.17) is 4.52 Å². The molecular formula is C21H21N3O2S. The molecule has 0 fully saturated rings. The third kappa shape index (κ3) is 4.22. The van der Waals surface area contributed by atoms with Crippen molar-refractivity contribution in [3.05, 3.63) is 71.0 Å². The number of fused-ring (bicyclic) bond motifs is 1. The molecule has 0 saturated carbocycles. The summed E-state index contributed by atoms with van der Waals surface area (Å²) in [5, 5.41) is 7.14. The smallest absolute Gasteiger partial charge is 0.257 e. The van der Waals surface area contributed by atoms with Gasteiger partial charge < -0.3 is 9.84 Å². The van der Waals surface area contributed by atoms with E-state index in [-0.39, 0.29) is 11.9 Å². The zero-order valence-corrected chi connectivity index (χ0v) is 16.0. The van der Waals surface area contributed by atoms with Gasteiger partial charge >= 0.3 is 0 Å². The van der Waals surface area contributed by atoms with E-state index in [0.717, 1.165) is 18.4 Å². The molecule has 0 spiro atoms. The van der Waals surface area contributed by atoms with E-state index < -0.39 is 0 Å². The summed E-state index contributed by atoms with van der Waals surface area (Å²) in [5.74, 6) is 2.09. The lowest BCUT2D eigenvalue weighted by Gasteiger charge is -2.13. The molecule has 1 atom stereocenters. The Morgan fingerprint density at radius 3 is 2.89 bits per heavy atom. The maximum absolute atomic E-state index is 12.3. The van der Waals surface area contributed by atoms with Crippen LogP contribution in [-0.2, 0) is 17.0 Å². The molecule has 0 radical (unpaired) electrons. The first-order valence-electron chi connectivity index (χ1n) is 9.03. The first-order valence-corrected chi connectivity index (χ1v) is 10.2. The molecule has 1 aliphatic rings. The Bertz CT molecular complexity index is 937. The monoisotopic (exact) mass is 379 g/mol. The van der Waals surface area contributed by atoms with Gasteiger partial charge in [0.1, 0.15) is 0 Å². The fourth-order valence-electron chi connectivity index (χ4n) is 3.30. The van der Waals surface area contributed by atoms with E-state index in [1.807, 2.05) is 37.3 Å². The predicted molar refractivity (Wildman–Crippen MR) is 106 cm³/mol. The standard InChI is InChI=1S/C21H21N3O2S/c1-14-6-8-16(9-7-14)21-23-19(24-26-21)12-27-13-20(25)22-18-11-10-15-4-2-3-5-17(15)18/h2-9,18H,10-13H2,1H3,(H,22,25). The van der Waals surface area contributed by atoms with Gasteiger partial charge in [-0.2, -0.15) is 4.98 Å². The van der Waals surface area contributed by atoms with Crippen molar-refractivity contribution in [3.63, 3.8) is 0 Å². The van der Waals surface area contributed by atoms with Gasteiger partial charge in [0.2, 0.25) is 5.91 Å². The van der Waals surface area contributed by atoms with Crippen molar-refractivity contribution in [1.29, 1.82) is 0 Å². The van der Waals surface area contributed by atoms with Crippen LogP contribution in [0.4, 0.5) is 0 Å². The second-order valence-electron chi connectivity index (χ2n) is 6.73. The van der Waals surface area contributed by atoms with E-state index in [1.54, 1.807) is 0 Å². The van der Waals surface area contributed by atoms with Gasteiger partial charge in [-0.3, -0.25) is 4.79 Å². The van der Waals surface area contributed by atoms with Gasteiger partial charge in [0, 0.05) is 5.56 Å². The van der Waals surface area contributed by atoms with Gasteiger partial charge in [-0.15, -0.1) is 11.8 Å². The molecule has 138 valence electrons. The molecule has 4 rings (SSSR count). The molecular weight excluding hydrogens is 358 g/mol. The number of carbonyl (C=O) groups is 1. The van der Waals surface area contributed by atoms with Crippen LogP contribution in [0.15, 0.2) is 53.1 Å². The Morgan fingerprint density at radius 1 is 1.22 bits per heavy atom. The van der Waals surface area contributed by atoms with Crippen molar-refractivity contribution < 1.29 is 9.32 Å². The number of thioether (sulfide) groups is 1. The third-order valence-electron chi connectivity index (χ3n) is 4.70. The minimum Gasteiger partial charge on any atom is -0.349 e. The lowest BCUT2D eigenvalue weighted by molar-refractivity contribution is -0.119. The summed E-state index contributed by atoms with van der Waals surface area (Å²) in [7, 11) is 0. The zero-order valence-electron chi connectivity index (χ0n) is 15.1. The van der Waals surface area contributed by atoms with Crippen molar-refractivity contribution in [1.82, 2.24) is 15.5 Å². The first kappa shape index (κ1) is 17.8. The minimum absolute atomic E-state index is 0.0453. The number of carbonyl (C=O) groups excluding carboxylic acids is 1. The van der Waals surface area contributed by atoms with Crippen LogP contribution < -0.4 is 5.32 Å². The maximum Gasteiger partial charge on any atom is 0.257 e. The highest BCUT2D eigenvalue weighted by Crippen LogP contribution is 2.30. The van der Waals surface area contributed by atoms with Crippen molar-refractivity contribution >= 4 is 17.7 Å². The fourth-order valence-corrected chi connectivity index (χ4v) is 3.97. The maximum atomic E-state index is 12.3. The van der Waals surface area contributed by atoms with Crippen LogP contribution in [0.3, 0.4) is 0 Å². The molecule has 27 heavy (non-hydrogen) atoms. The number of rotatable bonds is 6. The highest BCUT2D eigenvalue weighted by Gasteiger charge is 2.23. The molecule has 1 amide bonds. The second-order valence-corrected chi connectivity index (χ2v) is 7.72. The summed E-state index contributed by atoms with van der Waals surface area (Å²) in [6, 6.07) is 16.4. The Hall–Kier alpha value is -2.60. The second kappa shape index (κ2) is 7.96. The Labute approximate surface area is 162 Å². The molecule has 1 aliphatic carbocycles. The molecule has 0 aliphatic heterocycles. The van der Waals surface area contributed by atoms with Gasteiger partial charge in [-0.25, -0.2) is 0 Å². The lowest BCUT2D eigenvalue weighted by atomic mass is 10.1. The Morgan fingerprint density at radius 2 is 2.04 bits per heavy atom. The predicted octanol–water partition coefficient (Wildman–Crippen LogP) is 4.08. The molecule has 3 aromatic rings. The molecule has 1 heterocycles. The van der Waals surface area contributed by atoms with Crippen LogP contribution in [0.1, 0.15) is 35.0 Å². The normalized spacial score (nSPS) is 15.5. The Balaban J connectivity index is 1.27. The number of hydrogen-bond donors (Lipinski definition) is 1. The molecule has 1 unspecified atom stereocenters. The number of aryl methyl sites for hydroxylation is 2. The number of nitrogens with zero attached hydrogens (tertiary/aromatic N) is 2. The van der Waals surface area contributed by atoms with Crippen molar-refractivity contribution in [3.8, 4) is 11.5 Å². The van der Waals surface area contributed by atoms with Crippen LogP contribution in [0.5, 0.6) is 0 Å². The summed E-state index contributed by atoms with van der Waals surface area (Å²) in [6.07, 6.45) is 2.00. The fraction of sp³-hybridized carbons (Fsp3) is 0.286. The van der Waals surface area contributed by atoms with Crippen molar-refractivity contribution in [2.45, 2.75) is 31.6 Å². The van der Waals surface area contributed by atoms with Crippen LogP contribution in [0, 0.1) is 6.92 Å². The van der Waals surface area contributed by atoms with Crippen LogP contribution in [-0.4, -0.2) is 21.8 Å². The van der Waals surface area contributed by atoms with Crippen LogP contribution in [0.2, 0.25) is 0 Å². The van der Waals surface area contributed by atoms with Crippen LogP contribution in [0.25, 0.3) is 11.5 Å². The van der Waals surface area contributed by atoms with Crippen molar-refractivity contribution in [2.24, 2.45) is 0 Å². The molecule has 5 nitrogen and oxygen atoms in total. The summed E-state index contributed by atoms with van der Waals surface area (Å²) >= 11 is 1.49. The quantitative estimate of drug-likeness (QED) is 0.699. The van der Waals surface area contributed by atoms with Crippen molar-refractivity contribution in [2.75, 3.05) is 5.75 Å². The number of nitrogens with one attached hydrogen (secondary N) is 1. The minimum atomic E-state index is 0.0453. The van der Waals surface area contributed by atoms with Gasteiger partial charge in [0.05, 0.1) is 17.5 Å². The summed E-state index contributed by atoms with van der Waals surface area (Å²) < 4.78 is 5.32. The topological polar surface area (TPSA) is 68.0 Å². The Kier molecular flexibility index (Phi) is 5.25. The summed E-state index contributed by atoms with van der Waals surface area (Å²) in [6.45, 7) is 2.04. The molecule has 1 N–H and O–H groups in total. The zero-order chi connectivity index (χ0) is 18.6. The van der Waals surface area contributed by atoms with E-state index in [1.165, 1.54) is 28.5 Å². The number of amides is 1. The van der Waals surface area contributed by atoms with E-state index >= 15 is 0 Å². The molecule has 6 heteroatoms. The van der Waals surface area contributed by atoms with E-state index in [2.05, 4.69) is 33.7 Å². The molecule has 1 aromatic heterocycles. The van der Waals surface area contributed by atoms with Gasteiger partial charge in [0.25, 0.3) is 5.89 Å². The number of hydrogen-bond acceptors (Lipinski definition) is 5. The highest BCUT2D eigenvalue weighted by molar-refractivity contribution is 7.99. The van der Waals surface area contributed by atoms with Gasteiger partial charge in [0.15, 0.2) is 5.82 Å². The van der Waals surface area contributed by atoms with Gasteiger partial charge in [-0.05, 0) is 43.0 Å².